The van der Waals surface area contributed by atoms with Crippen molar-refractivity contribution >= 4 is 11.6 Å². The van der Waals surface area contributed by atoms with Crippen LogP contribution >= 0.6 is 0 Å². The minimum Gasteiger partial charge on any atom is -0.398 e. The average molecular weight is 245 g/mol. The second kappa shape index (κ2) is 5.31. The minimum absolute atomic E-state index is 0.174. The molecule has 0 atom stereocenters. The molecule has 0 aliphatic carbocycles. The van der Waals surface area contributed by atoms with Crippen molar-refractivity contribution in [1.29, 1.82) is 0 Å². The summed E-state index contributed by atoms with van der Waals surface area (Å²) in [5.74, 6) is 0.569. The predicted octanol–water partition coefficient (Wildman–Crippen LogP) is 0.668. The van der Waals surface area contributed by atoms with Crippen LogP contribution in [0.5, 0.6) is 0 Å². The summed E-state index contributed by atoms with van der Waals surface area (Å²) < 4.78 is 0. The highest BCUT2D eigenvalue weighted by Crippen LogP contribution is 2.13. The molecule has 0 aliphatic heterocycles. The van der Waals surface area contributed by atoms with Crippen LogP contribution in [0.4, 0.5) is 5.69 Å². The number of nitrogens with two attached hydrogens (primary N) is 1. The third kappa shape index (κ3) is 2.85. The number of nitrogens with zero attached hydrogens (tertiary/aromatic N) is 2. The molecule has 94 valence electrons. The molecule has 0 fully saturated rings. The van der Waals surface area contributed by atoms with Crippen molar-refractivity contribution in [1.82, 2.24) is 20.5 Å². The van der Waals surface area contributed by atoms with Gasteiger partial charge in [0.05, 0.1) is 5.56 Å². The van der Waals surface area contributed by atoms with Crippen LogP contribution in [-0.4, -0.2) is 27.6 Å². The lowest BCUT2D eigenvalue weighted by Gasteiger charge is -2.07. The fourth-order valence-electron chi connectivity index (χ4n) is 1.63. The molecule has 0 radical (unpaired) electrons. The van der Waals surface area contributed by atoms with Crippen molar-refractivity contribution in [2.24, 2.45) is 0 Å². The highest BCUT2D eigenvalue weighted by molar-refractivity contribution is 5.99. The van der Waals surface area contributed by atoms with Crippen LogP contribution in [0.3, 0.4) is 0 Å². The zero-order valence-electron chi connectivity index (χ0n) is 10.1. The molecule has 0 saturated heterocycles. The maximum Gasteiger partial charge on any atom is 0.253 e. The minimum atomic E-state index is -0.174. The molecule has 0 aliphatic rings. The van der Waals surface area contributed by atoms with Crippen molar-refractivity contribution < 1.29 is 4.79 Å². The molecule has 2 aromatic rings. The van der Waals surface area contributed by atoms with Crippen molar-refractivity contribution in [3.63, 3.8) is 0 Å². The Hall–Kier alpha value is -2.37. The van der Waals surface area contributed by atoms with E-state index < -0.39 is 0 Å². The standard InChI is InChI=1S/C12H15N5O/c1-8-2-3-9(10(13)6-8)12(18)14-5-4-11-15-7-16-17-11/h2-3,6-7H,4-5,13H2,1H3,(H,14,18)(H,15,16,17). The number of aryl methyl sites for hydroxylation is 1. The van der Waals surface area contributed by atoms with Gasteiger partial charge in [0.1, 0.15) is 12.2 Å². The monoisotopic (exact) mass is 245 g/mol. The number of hydrogen-bond acceptors (Lipinski definition) is 4. The third-order valence-corrected chi connectivity index (χ3v) is 2.56. The van der Waals surface area contributed by atoms with Gasteiger partial charge in [-0.3, -0.25) is 9.89 Å². The highest BCUT2D eigenvalue weighted by Gasteiger charge is 2.09. The Kier molecular flexibility index (Phi) is 3.57. The van der Waals surface area contributed by atoms with E-state index in [1.165, 1.54) is 6.33 Å². The zero-order valence-corrected chi connectivity index (χ0v) is 10.1. The molecular weight excluding hydrogens is 230 g/mol. The van der Waals surface area contributed by atoms with Gasteiger partial charge < -0.3 is 11.1 Å². The summed E-state index contributed by atoms with van der Waals surface area (Å²) in [6.07, 6.45) is 2.05. The number of nitrogen functional groups attached to an aromatic ring is 1. The van der Waals surface area contributed by atoms with E-state index in [0.717, 1.165) is 11.4 Å². The average Bonchev–Trinajstić information content (AvgIpc) is 2.81. The Balaban J connectivity index is 1.91. The van der Waals surface area contributed by atoms with Gasteiger partial charge in [-0.1, -0.05) is 6.07 Å². The summed E-state index contributed by atoms with van der Waals surface area (Å²) in [5, 5.41) is 9.26. The first-order valence-corrected chi connectivity index (χ1v) is 5.65. The normalized spacial score (nSPS) is 10.3. The van der Waals surface area contributed by atoms with Crippen LogP contribution in [0.15, 0.2) is 24.5 Å². The number of hydrogen-bond donors (Lipinski definition) is 3. The number of nitrogens with one attached hydrogen (secondary N) is 2. The van der Waals surface area contributed by atoms with Crippen LogP contribution in [0.1, 0.15) is 21.7 Å². The van der Waals surface area contributed by atoms with Crippen molar-refractivity contribution in [3.05, 3.63) is 41.5 Å². The van der Waals surface area contributed by atoms with E-state index in [4.69, 9.17) is 5.73 Å². The summed E-state index contributed by atoms with van der Waals surface area (Å²) in [6.45, 7) is 2.42. The van der Waals surface area contributed by atoms with E-state index in [9.17, 15) is 4.79 Å². The van der Waals surface area contributed by atoms with E-state index in [1.807, 2.05) is 13.0 Å². The van der Waals surface area contributed by atoms with Crippen LogP contribution in [0, 0.1) is 6.92 Å². The van der Waals surface area contributed by atoms with Crippen molar-refractivity contribution in [2.45, 2.75) is 13.3 Å². The summed E-state index contributed by atoms with van der Waals surface area (Å²) in [4.78, 5) is 15.8. The van der Waals surface area contributed by atoms with Gasteiger partial charge in [0.15, 0.2) is 0 Å². The second-order valence-electron chi connectivity index (χ2n) is 4.03. The van der Waals surface area contributed by atoms with Gasteiger partial charge in [-0.25, -0.2) is 4.98 Å². The lowest BCUT2D eigenvalue weighted by molar-refractivity contribution is 0.0955. The van der Waals surface area contributed by atoms with Gasteiger partial charge >= 0.3 is 0 Å². The van der Waals surface area contributed by atoms with Crippen LogP contribution in [0.2, 0.25) is 0 Å². The molecule has 18 heavy (non-hydrogen) atoms. The van der Waals surface area contributed by atoms with E-state index in [-0.39, 0.29) is 5.91 Å². The molecule has 1 aromatic heterocycles. The third-order valence-electron chi connectivity index (χ3n) is 2.56. The fourth-order valence-corrected chi connectivity index (χ4v) is 1.63. The first-order valence-electron chi connectivity index (χ1n) is 5.65. The summed E-state index contributed by atoms with van der Waals surface area (Å²) in [6, 6.07) is 5.38. The van der Waals surface area contributed by atoms with Crippen LogP contribution in [0.25, 0.3) is 0 Å². The Morgan fingerprint density at radius 2 is 2.33 bits per heavy atom. The number of carbonyl (C=O) groups excluding carboxylic acids is 1. The van der Waals surface area contributed by atoms with E-state index >= 15 is 0 Å². The van der Waals surface area contributed by atoms with E-state index in [2.05, 4.69) is 20.5 Å². The number of amides is 1. The molecule has 0 spiro atoms. The quantitative estimate of drug-likeness (QED) is 0.689. The molecule has 1 amide bonds. The number of H-pyrrole nitrogens is 1. The van der Waals surface area contributed by atoms with Gasteiger partial charge in [0.25, 0.3) is 5.91 Å². The molecular formula is C12H15N5O. The SMILES string of the molecule is Cc1ccc(C(=O)NCCc2ncn[nH]2)c(N)c1. The summed E-state index contributed by atoms with van der Waals surface area (Å²) in [5.41, 5.74) is 7.82. The maximum absolute atomic E-state index is 11.9. The van der Waals surface area contributed by atoms with Gasteiger partial charge in [-0.2, -0.15) is 5.10 Å². The molecule has 0 unspecified atom stereocenters. The summed E-state index contributed by atoms with van der Waals surface area (Å²) in [7, 11) is 0. The topological polar surface area (TPSA) is 96.7 Å². The van der Waals surface area contributed by atoms with Crippen LogP contribution in [-0.2, 0) is 6.42 Å². The number of aromatic amines is 1. The molecule has 1 aromatic carbocycles. The Morgan fingerprint density at radius 3 is 3.00 bits per heavy atom. The Labute approximate surface area is 105 Å². The number of anilines is 1. The van der Waals surface area contributed by atoms with Crippen LogP contribution < -0.4 is 11.1 Å². The molecule has 4 N–H and O–H groups in total. The maximum atomic E-state index is 11.9. The van der Waals surface area contributed by atoms with E-state index in [0.29, 0.717) is 24.2 Å². The molecule has 6 nitrogen and oxygen atoms in total. The molecule has 2 rings (SSSR count). The van der Waals surface area contributed by atoms with E-state index in [1.54, 1.807) is 12.1 Å². The number of rotatable bonds is 4. The zero-order chi connectivity index (χ0) is 13.0. The highest BCUT2D eigenvalue weighted by atomic mass is 16.1. The molecule has 1 heterocycles. The smallest absolute Gasteiger partial charge is 0.253 e. The molecule has 6 heteroatoms. The van der Waals surface area contributed by atoms with Gasteiger partial charge in [0, 0.05) is 18.7 Å². The fraction of sp³-hybridized carbons (Fsp3) is 0.250. The number of aromatic nitrogens is 3. The van der Waals surface area contributed by atoms with Crippen molar-refractivity contribution in [3.8, 4) is 0 Å². The lowest BCUT2D eigenvalue weighted by atomic mass is 10.1. The largest absolute Gasteiger partial charge is 0.398 e. The van der Waals surface area contributed by atoms with Gasteiger partial charge in [0.2, 0.25) is 0 Å². The Bertz CT molecular complexity index is 535. The number of benzene rings is 1. The van der Waals surface area contributed by atoms with Gasteiger partial charge in [-0.15, -0.1) is 0 Å². The first kappa shape index (κ1) is 12.1. The number of carbonyl (C=O) groups is 1. The van der Waals surface area contributed by atoms with Crippen molar-refractivity contribution in [2.75, 3.05) is 12.3 Å². The Morgan fingerprint density at radius 1 is 1.50 bits per heavy atom. The first-order chi connectivity index (χ1) is 8.66. The van der Waals surface area contributed by atoms with Gasteiger partial charge in [-0.05, 0) is 24.6 Å². The molecule has 0 saturated carbocycles. The molecule has 0 bridgehead atoms. The lowest BCUT2D eigenvalue weighted by Crippen LogP contribution is -2.26. The second-order valence-corrected chi connectivity index (χ2v) is 4.03. The summed E-state index contributed by atoms with van der Waals surface area (Å²) >= 11 is 0. The predicted molar refractivity (Wildman–Crippen MR) is 68.0 cm³/mol.